The van der Waals surface area contributed by atoms with Crippen LogP contribution in [0, 0.1) is 5.92 Å². The molecule has 2 nitrogen and oxygen atoms in total. The molecule has 0 aliphatic carbocycles. The largest absolute Gasteiger partial charge is 0.339 e. The van der Waals surface area contributed by atoms with Crippen LogP contribution < -0.4 is 0 Å². The zero-order valence-electron chi connectivity index (χ0n) is 11.7. The molecule has 0 bridgehead atoms. The number of benzene rings is 1. The highest BCUT2D eigenvalue weighted by Crippen LogP contribution is 2.24. The van der Waals surface area contributed by atoms with E-state index in [1.54, 1.807) is 0 Å². The third-order valence-electron chi connectivity index (χ3n) is 3.46. The van der Waals surface area contributed by atoms with Crippen LogP contribution >= 0.6 is 31.9 Å². The number of amides is 1. The molecule has 19 heavy (non-hydrogen) atoms. The van der Waals surface area contributed by atoms with E-state index in [2.05, 4.69) is 45.7 Å². The van der Waals surface area contributed by atoms with Crippen LogP contribution in [0.3, 0.4) is 0 Å². The Labute approximate surface area is 132 Å². The molecule has 1 rings (SSSR count). The minimum absolute atomic E-state index is 0.105. The standard InChI is InChI=1S/C15H21Br2NO/c1-4-11(5-2)10-18(6-3)15(19)13-8-7-12(16)9-14(13)17/h7-9,11H,4-6,10H2,1-3H3. The molecule has 0 aromatic heterocycles. The van der Waals surface area contributed by atoms with Crippen molar-refractivity contribution in [1.82, 2.24) is 4.90 Å². The van der Waals surface area contributed by atoms with Crippen LogP contribution in [0.2, 0.25) is 0 Å². The minimum Gasteiger partial charge on any atom is -0.339 e. The second-order valence-electron chi connectivity index (χ2n) is 4.65. The minimum atomic E-state index is 0.105. The Balaban J connectivity index is 2.89. The summed E-state index contributed by atoms with van der Waals surface area (Å²) in [6.07, 6.45) is 2.23. The maximum Gasteiger partial charge on any atom is 0.254 e. The summed E-state index contributed by atoms with van der Waals surface area (Å²) in [7, 11) is 0. The summed E-state index contributed by atoms with van der Waals surface area (Å²) in [5, 5.41) is 0. The van der Waals surface area contributed by atoms with Gasteiger partial charge in [-0.3, -0.25) is 4.79 Å². The van der Waals surface area contributed by atoms with E-state index in [1.807, 2.05) is 30.0 Å². The SMILES string of the molecule is CCC(CC)CN(CC)C(=O)c1ccc(Br)cc1Br. The third kappa shape index (κ3) is 4.60. The summed E-state index contributed by atoms with van der Waals surface area (Å²) in [5.41, 5.74) is 0.732. The molecule has 0 heterocycles. The zero-order chi connectivity index (χ0) is 14.4. The zero-order valence-corrected chi connectivity index (χ0v) is 14.9. The molecule has 0 aliphatic rings. The van der Waals surface area contributed by atoms with E-state index in [9.17, 15) is 4.79 Å². The van der Waals surface area contributed by atoms with Crippen LogP contribution in [-0.2, 0) is 0 Å². The smallest absolute Gasteiger partial charge is 0.254 e. The summed E-state index contributed by atoms with van der Waals surface area (Å²) in [6.45, 7) is 7.99. The number of carbonyl (C=O) groups excluding carboxylic acids is 1. The lowest BCUT2D eigenvalue weighted by molar-refractivity contribution is 0.0734. The summed E-state index contributed by atoms with van der Waals surface area (Å²) >= 11 is 6.88. The van der Waals surface area contributed by atoms with E-state index in [-0.39, 0.29) is 5.91 Å². The Morgan fingerprint density at radius 1 is 1.21 bits per heavy atom. The van der Waals surface area contributed by atoms with Gasteiger partial charge in [0.25, 0.3) is 5.91 Å². The van der Waals surface area contributed by atoms with Gasteiger partial charge in [-0.2, -0.15) is 0 Å². The van der Waals surface area contributed by atoms with Crippen molar-refractivity contribution in [2.24, 2.45) is 5.92 Å². The normalized spacial score (nSPS) is 10.8. The molecule has 0 saturated heterocycles. The summed E-state index contributed by atoms with van der Waals surface area (Å²) in [4.78, 5) is 14.5. The molecule has 1 amide bonds. The van der Waals surface area contributed by atoms with Crippen LogP contribution in [0.4, 0.5) is 0 Å². The van der Waals surface area contributed by atoms with Crippen molar-refractivity contribution in [3.8, 4) is 0 Å². The second kappa shape index (κ2) is 8.05. The van der Waals surface area contributed by atoms with E-state index in [1.165, 1.54) is 0 Å². The number of hydrogen-bond donors (Lipinski definition) is 0. The monoisotopic (exact) mass is 389 g/mol. The molecule has 1 aromatic rings. The van der Waals surface area contributed by atoms with E-state index in [4.69, 9.17) is 0 Å². The van der Waals surface area contributed by atoms with E-state index < -0.39 is 0 Å². The van der Waals surface area contributed by atoms with Crippen LogP contribution in [-0.4, -0.2) is 23.9 Å². The predicted octanol–water partition coefficient (Wildman–Crippen LogP) is 5.11. The van der Waals surface area contributed by atoms with Crippen LogP contribution in [0.5, 0.6) is 0 Å². The maximum atomic E-state index is 12.6. The van der Waals surface area contributed by atoms with Gasteiger partial charge in [-0.25, -0.2) is 0 Å². The summed E-state index contributed by atoms with van der Waals surface area (Å²) in [6, 6.07) is 5.69. The molecule has 0 N–H and O–H groups in total. The lowest BCUT2D eigenvalue weighted by atomic mass is 10.0. The third-order valence-corrected chi connectivity index (χ3v) is 4.61. The predicted molar refractivity (Wildman–Crippen MR) is 87.5 cm³/mol. The van der Waals surface area contributed by atoms with Crippen LogP contribution in [0.1, 0.15) is 44.0 Å². The molecule has 0 saturated carbocycles. The molecule has 0 atom stereocenters. The molecular formula is C15H21Br2NO. The lowest BCUT2D eigenvalue weighted by Gasteiger charge is -2.26. The molecule has 0 unspecified atom stereocenters. The Kier molecular flexibility index (Phi) is 7.08. The second-order valence-corrected chi connectivity index (χ2v) is 6.42. The van der Waals surface area contributed by atoms with Gasteiger partial charge in [-0.1, -0.05) is 42.6 Å². The van der Waals surface area contributed by atoms with Crippen molar-refractivity contribution in [3.05, 3.63) is 32.7 Å². The van der Waals surface area contributed by atoms with Gasteiger partial charge in [-0.15, -0.1) is 0 Å². The first-order valence-electron chi connectivity index (χ1n) is 6.77. The van der Waals surface area contributed by atoms with Gasteiger partial charge in [0.1, 0.15) is 0 Å². The highest BCUT2D eigenvalue weighted by atomic mass is 79.9. The number of hydrogen-bond acceptors (Lipinski definition) is 1. The fourth-order valence-electron chi connectivity index (χ4n) is 2.05. The molecule has 0 radical (unpaired) electrons. The summed E-state index contributed by atoms with van der Waals surface area (Å²) in [5.74, 6) is 0.687. The Hall–Kier alpha value is -0.350. The molecule has 106 valence electrons. The molecule has 1 aromatic carbocycles. The molecular weight excluding hydrogens is 370 g/mol. The van der Waals surface area contributed by atoms with Gasteiger partial charge >= 0.3 is 0 Å². The van der Waals surface area contributed by atoms with Crippen molar-refractivity contribution in [1.29, 1.82) is 0 Å². The number of rotatable bonds is 6. The van der Waals surface area contributed by atoms with Gasteiger partial charge in [0.05, 0.1) is 5.56 Å². The first-order chi connectivity index (χ1) is 9.03. The highest BCUT2D eigenvalue weighted by molar-refractivity contribution is 9.11. The lowest BCUT2D eigenvalue weighted by Crippen LogP contribution is -2.35. The Morgan fingerprint density at radius 2 is 1.84 bits per heavy atom. The molecule has 0 fully saturated rings. The fourth-order valence-corrected chi connectivity index (χ4v) is 3.26. The first kappa shape index (κ1) is 16.7. The average molecular weight is 391 g/mol. The van der Waals surface area contributed by atoms with Crippen molar-refractivity contribution in [3.63, 3.8) is 0 Å². The number of nitrogens with zero attached hydrogens (tertiary/aromatic N) is 1. The van der Waals surface area contributed by atoms with Gasteiger partial charge in [0.2, 0.25) is 0 Å². The van der Waals surface area contributed by atoms with Gasteiger partial charge in [-0.05, 0) is 47.0 Å². The van der Waals surface area contributed by atoms with Gasteiger partial charge < -0.3 is 4.90 Å². The Morgan fingerprint density at radius 3 is 2.32 bits per heavy atom. The first-order valence-corrected chi connectivity index (χ1v) is 8.36. The average Bonchev–Trinajstić information content (AvgIpc) is 2.39. The Bertz CT molecular complexity index is 430. The molecule has 0 aliphatic heterocycles. The summed E-state index contributed by atoms with van der Waals surface area (Å²) < 4.78 is 1.81. The van der Waals surface area contributed by atoms with Gasteiger partial charge in [0.15, 0.2) is 0 Å². The fraction of sp³-hybridized carbons (Fsp3) is 0.533. The van der Waals surface area contributed by atoms with Gasteiger partial charge in [0, 0.05) is 22.0 Å². The maximum absolute atomic E-state index is 12.6. The van der Waals surface area contributed by atoms with E-state index in [0.29, 0.717) is 5.92 Å². The van der Waals surface area contributed by atoms with Crippen LogP contribution in [0.25, 0.3) is 0 Å². The van der Waals surface area contributed by atoms with E-state index >= 15 is 0 Å². The molecule has 0 spiro atoms. The molecule has 4 heteroatoms. The van der Waals surface area contributed by atoms with E-state index in [0.717, 1.165) is 40.4 Å². The van der Waals surface area contributed by atoms with Crippen molar-refractivity contribution in [2.45, 2.75) is 33.6 Å². The highest BCUT2D eigenvalue weighted by Gasteiger charge is 2.19. The van der Waals surface area contributed by atoms with Crippen molar-refractivity contribution < 1.29 is 4.79 Å². The quantitative estimate of drug-likeness (QED) is 0.660. The number of carbonyl (C=O) groups is 1. The number of halogens is 2. The van der Waals surface area contributed by atoms with Crippen molar-refractivity contribution in [2.75, 3.05) is 13.1 Å². The van der Waals surface area contributed by atoms with Crippen molar-refractivity contribution >= 4 is 37.8 Å². The topological polar surface area (TPSA) is 20.3 Å². The van der Waals surface area contributed by atoms with Crippen LogP contribution in [0.15, 0.2) is 27.1 Å².